The number of nitrogens with zero attached hydrogens (tertiary/aromatic N) is 2. The molecule has 1 aliphatic heterocycles. The van der Waals surface area contributed by atoms with Gasteiger partial charge in [0.2, 0.25) is 5.91 Å². The van der Waals surface area contributed by atoms with Crippen LogP contribution >= 0.6 is 11.3 Å². The Balaban J connectivity index is 2.15. The Morgan fingerprint density at radius 1 is 1.22 bits per heavy atom. The van der Waals surface area contributed by atoms with Gasteiger partial charge in [-0.1, -0.05) is 6.07 Å². The fourth-order valence-corrected chi connectivity index (χ4v) is 5.48. The number of hydrogen-bond donors (Lipinski definition) is 0. The van der Waals surface area contributed by atoms with Crippen molar-refractivity contribution in [2.45, 2.75) is 17.1 Å². The summed E-state index contributed by atoms with van der Waals surface area (Å²) in [6.07, 6.45) is 0.972. The first-order valence-electron chi connectivity index (χ1n) is 8.25. The van der Waals surface area contributed by atoms with E-state index in [-0.39, 0.29) is 10.8 Å². The van der Waals surface area contributed by atoms with E-state index < -0.39 is 46.9 Å². The zero-order valence-electron chi connectivity index (χ0n) is 15.1. The Bertz CT molecular complexity index is 759. The van der Waals surface area contributed by atoms with E-state index in [1.54, 1.807) is 11.4 Å². The monoisotopic (exact) mass is 418 g/mol. The van der Waals surface area contributed by atoms with Crippen LogP contribution in [0.3, 0.4) is 0 Å². The fourth-order valence-electron chi connectivity index (χ4n) is 2.81. The maximum absolute atomic E-state index is 12.9. The Kier molecular flexibility index (Phi) is 7.33. The van der Waals surface area contributed by atoms with Crippen molar-refractivity contribution in [2.24, 2.45) is 5.92 Å². The predicted octanol–water partition coefficient (Wildman–Crippen LogP) is 0.323. The zero-order valence-corrected chi connectivity index (χ0v) is 16.8. The van der Waals surface area contributed by atoms with Gasteiger partial charge in [-0.05, 0) is 24.3 Å². The Hall–Kier alpha value is -1.98. The second kappa shape index (κ2) is 9.29. The Morgan fingerprint density at radius 2 is 1.85 bits per heavy atom. The maximum Gasteiger partial charge on any atom is 0.325 e. The third-order valence-corrected chi connectivity index (χ3v) is 7.47. The molecule has 1 atom stereocenters. The van der Waals surface area contributed by atoms with Crippen molar-refractivity contribution in [3.05, 3.63) is 17.5 Å². The minimum Gasteiger partial charge on any atom is -0.468 e. The summed E-state index contributed by atoms with van der Waals surface area (Å²) in [4.78, 5) is 37.1. The molecule has 1 fully saturated rings. The number of carbonyl (C=O) groups is 3. The van der Waals surface area contributed by atoms with Crippen molar-refractivity contribution in [3.63, 3.8) is 0 Å². The SMILES string of the molecule is COC(=O)CN(CC(=O)OC)C(=O)C1CCCN(S(=O)(=O)c2cccs2)C1. The zero-order chi connectivity index (χ0) is 20.0. The lowest BCUT2D eigenvalue weighted by Gasteiger charge is -2.33. The van der Waals surface area contributed by atoms with Gasteiger partial charge < -0.3 is 14.4 Å². The Labute approximate surface area is 161 Å². The average molecular weight is 418 g/mol. The smallest absolute Gasteiger partial charge is 0.325 e. The molecule has 11 heteroatoms. The number of methoxy groups -OCH3 is 2. The highest BCUT2D eigenvalue weighted by atomic mass is 32.2. The highest BCUT2D eigenvalue weighted by Gasteiger charge is 2.36. The van der Waals surface area contributed by atoms with Crippen LogP contribution in [0.1, 0.15) is 12.8 Å². The average Bonchev–Trinajstić information content (AvgIpc) is 3.22. The van der Waals surface area contributed by atoms with E-state index >= 15 is 0 Å². The van der Waals surface area contributed by atoms with Crippen LogP contribution in [-0.4, -0.2) is 75.9 Å². The van der Waals surface area contributed by atoms with Crippen molar-refractivity contribution in [3.8, 4) is 0 Å². The summed E-state index contributed by atoms with van der Waals surface area (Å²) >= 11 is 1.11. The number of amides is 1. The summed E-state index contributed by atoms with van der Waals surface area (Å²) in [6.45, 7) is -0.493. The molecular weight excluding hydrogens is 396 g/mol. The number of ether oxygens (including phenoxy) is 2. The van der Waals surface area contributed by atoms with E-state index in [9.17, 15) is 22.8 Å². The molecular formula is C16H22N2O7S2. The van der Waals surface area contributed by atoms with E-state index in [0.717, 1.165) is 16.2 Å². The Morgan fingerprint density at radius 3 is 2.37 bits per heavy atom. The highest BCUT2D eigenvalue weighted by Crippen LogP contribution is 2.27. The third-order valence-electron chi connectivity index (χ3n) is 4.23. The number of piperidine rings is 1. The minimum absolute atomic E-state index is 0.00207. The van der Waals surface area contributed by atoms with Crippen LogP contribution in [-0.2, 0) is 33.9 Å². The van der Waals surface area contributed by atoms with E-state index in [1.165, 1.54) is 24.6 Å². The molecule has 0 aliphatic carbocycles. The fraction of sp³-hybridized carbons (Fsp3) is 0.562. The molecule has 1 aliphatic rings. The van der Waals surface area contributed by atoms with Gasteiger partial charge in [0.15, 0.2) is 0 Å². The van der Waals surface area contributed by atoms with Gasteiger partial charge in [0, 0.05) is 13.1 Å². The van der Waals surface area contributed by atoms with Gasteiger partial charge in [0.05, 0.1) is 20.1 Å². The first-order chi connectivity index (χ1) is 12.8. The molecule has 150 valence electrons. The van der Waals surface area contributed by atoms with Gasteiger partial charge in [0.1, 0.15) is 17.3 Å². The molecule has 2 rings (SSSR count). The summed E-state index contributed by atoms with van der Waals surface area (Å²) in [5.74, 6) is -2.48. The third kappa shape index (κ3) is 5.27. The van der Waals surface area contributed by atoms with Crippen LogP contribution in [0.2, 0.25) is 0 Å². The van der Waals surface area contributed by atoms with E-state index in [1.807, 2.05) is 0 Å². The lowest BCUT2D eigenvalue weighted by molar-refractivity contribution is -0.154. The van der Waals surface area contributed by atoms with E-state index in [2.05, 4.69) is 9.47 Å². The molecule has 1 aromatic rings. The van der Waals surface area contributed by atoms with Crippen LogP contribution in [0.5, 0.6) is 0 Å². The van der Waals surface area contributed by atoms with Crippen molar-refractivity contribution in [1.82, 2.24) is 9.21 Å². The molecule has 0 aromatic carbocycles. The number of sulfonamides is 1. The van der Waals surface area contributed by atoms with Crippen LogP contribution in [0, 0.1) is 5.92 Å². The molecule has 2 heterocycles. The van der Waals surface area contributed by atoms with Gasteiger partial charge in [-0.15, -0.1) is 11.3 Å². The van der Waals surface area contributed by atoms with Gasteiger partial charge in [-0.3, -0.25) is 14.4 Å². The molecule has 27 heavy (non-hydrogen) atoms. The van der Waals surface area contributed by atoms with Crippen molar-refractivity contribution < 1.29 is 32.3 Å². The second-order valence-electron chi connectivity index (χ2n) is 5.98. The summed E-state index contributed by atoms with van der Waals surface area (Å²) in [6, 6.07) is 3.17. The van der Waals surface area contributed by atoms with Crippen LogP contribution < -0.4 is 0 Å². The molecule has 1 unspecified atom stereocenters. The topological polar surface area (TPSA) is 110 Å². The molecule has 1 amide bonds. The molecule has 0 N–H and O–H groups in total. The first kappa shape index (κ1) is 21.3. The molecule has 9 nitrogen and oxygen atoms in total. The summed E-state index contributed by atoms with van der Waals surface area (Å²) < 4.78 is 36.0. The molecule has 0 saturated carbocycles. The molecule has 0 spiro atoms. The number of thiophene rings is 1. The second-order valence-corrected chi connectivity index (χ2v) is 9.09. The van der Waals surface area contributed by atoms with Crippen LogP contribution in [0.15, 0.2) is 21.7 Å². The number of hydrogen-bond acceptors (Lipinski definition) is 8. The lowest BCUT2D eigenvalue weighted by Crippen LogP contribution is -2.49. The molecule has 0 radical (unpaired) electrons. The van der Waals surface area contributed by atoms with Crippen molar-refractivity contribution in [1.29, 1.82) is 0 Å². The normalized spacial score (nSPS) is 17.9. The first-order valence-corrected chi connectivity index (χ1v) is 10.6. The van der Waals surface area contributed by atoms with E-state index in [0.29, 0.717) is 19.4 Å². The van der Waals surface area contributed by atoms with Gasteiger partial charge >= 0.3 is 11.9 Å². The highest BCUT2D eigenvalue weighted by molar-refractivity contribution is 7.91. The minimum atomic E-state index is -3.67. The van der Waals surface area contributed by atoms with Crippen molar-refractivity contribution in [2.75, 3.05) is 40.4 Å². The van der Waals surface area contributed by atoms with Crippen LogP contribution in [0.4, 0.5) is 0 Å². The lowest BCUT2D eigenvalue weighted by atomic mass is 9.98. The van der Waals surface area contributed by atoms with E-state index in [4.69, 9.17) is 0 Å². The standard InChI is InChI=1S/C16H22N2O7S2/c1-24-13(19)10-17(11-14(20)25-2)16(21)12-5-3-7-18(9-12)27(22,23)15-6-4-8-26-15/h4,6,8,12H,3,5,7,9-11H2,1-2H3. The van der Waals surface area contributed by atoms with Crippen molar-refractivity contribution >= 4 is 39.2 Å². The maximum atomic E-state index is 12.9. The van der Waals surface area contributed by atoms with Crippen LogP contribution in [0.25, 0.3) is 0 Å². The molecule has 1 saturated heterocycles. The van der Waals surface area contributed by atoms with Gasteiger partial charge in [-0.25, -0.2) is 8.42 Å². The largest absolute Gasteiger partial charge is 0.468 e. The molecule has 1 aromatic heterocycles. The summed E-state index contributed by atoms with van der Waals surface area (Å²) in [7, 11) is -1.31. The number of rotatable bonds is 7. The quantitative estimate of drug-likeness (QED) is 0.587. The number of esters is 2. The summed E-state index contributed by atoms with van der Waals surface area (Å²) in [5.41, 5.74) is 0. The predicted molar refractivity (Wildman–Crippen MR) is 96.4 cm³/mol. The van der Waals surface area contributed by atoms with Gasteiger partial charge in [0.25, 0.3) is 10.0 Å². The van der Waals surface area contributed by atoms with Gasteiger partial charge in [-0.2, -0.15) is 4.31 Å². The molecule has 0 bridgehead atoms. The summed E-state index contributed by atoms with van der Waals surface area (Å²) in [5, 5.41) is 1.67. The number of carbonyl (C=O) groups excluding carboxylic acids is 3.